The first kappa shape index (κ1) is 26.9. The summed E-state index contributed by atoms with van der Waals surface area (Å²) in [5, 5.41) is 9.52. The van der Waals surface area contributed by atoms with Gasteiger partial charge in [-0.1, -0.05) is 12.1 Å². The van der Waals surface area contributed by atoms with E-state index in [1.165, 1.54) is 11.3 Å². The number of amides is 1. The number of hydrogen-bond acceptors (Lipinski definition) is 10. The second-order valence-corrected chi connectivity index (χ2v) is 12.2. The van der Waals surface area contributed by atoms with Crippen LogP contribution in [0.4, 0.5) is 10.6 Å². The predicted octanol–water partition coefficient (Wildman–Crippen LogP) is 3.71. The standard InChI is InChI=1S/C28H34N6O5S/c1-28(2,3)39-27(36)33-10-6-7-18(33)16-29-38-17-20-24(35)19-15-23(32-11-13-37-14-12-32)30-31-25(19)34-21-8-4-5-9-22(21)40-26(20)34/h4-5,8-9,15,18,29H,6-7,10-14,16-17H2,1-3H3. The van der Waals surface area contributed by atoms with Crippen LogP contribution in [0.5, 0.6) is 0 Å². The zero-order valence-electron chi connectivity index (χ0n) is 23.0. The van der Waals surface area contributed by atoms with Crippen LogP contribution >= 0.6 is 11.3 Å². The smallest absolute Gasteiger partial charge is 0.410 e. The van der Waals surface area contributed by atoms with E-state index in [2.05, 4.69) is 20.6 Å². The fourth-order valence-corrected chi connectivity index (χ4v) is 6.49. The highest BCUT2D eigenvalue weighted by Gasteiger charge is 2.32. The molecule has 0 aliphatic carbocycles. The number of morpholine rings is 1. The number of hydrogen-bond donors (Lipinski definition) is 1. The number of nitrogens with zero attached hydrogens (tertiary/aromatic N) is 5. The van der Waals surface area contributed by atoms with Gasteiger partial charge in [0.25, 0.3) is 0 Å². The van der Waals surface area contributed by atoms with E-state index >= 15 is 0 Å². The highest BCUT2D eigenvalue weighted by molar-refractivity contribution is 7.24. The number of thiazole rings is 1. The molecule has 6 rings (SSSR count). The van der Waals surface area contributed by atoms with Crippen molar-refractivity contribution in [2.75, 3.05) is 44.3 Å². The highest BCUT2D eigenvalue weighted by atomic mass is 32.1. The van der Waals surface area contributed by atoms with Gasteiger partial charge in [0.05, 0.1) is 41.0 Å². The van der Waals surface area contributed by atoms with Gasteiger partial charge in [0.2, 0.25) is 0 Å². The molecule has 212 valence electrons. The van der Waals surface area contributed by atoms with Gasteiger partial charge in [-0.05, 0) is 51.8 Å². The first-order chi connectivity index (χ1) is 19.3. The number of rotatable bonds is 6. The van der Waals surface area contributed by atoms with Gasteiger partial charge in [0, 0.05) is 32.2 Å². The molecule has 2 aliphatic rings. The van der Waals surface area contributed by atoms with Gasteiger partial charge in [-0.2, -0.15) is 0 Å². The number of hydroxylamine groups is 1. The third-order valence-corrected chi connectivity index (χ3v) is 8.43. The average Bonchev–Trinajstić information content (AvgIpc) is 3.57. The minimum absolute atomic E-state index is 0.0387. The van der Waals surface area contributed by atoms with Crippen LogP contribution < -0.4 is 15.8 Å². The van der Waals surface area contributed by atoms with Crippen molar-refractivity contribution in [3.8, 4) is 0 Å². The third kappa shape index (κ3) is 5.24. The van der Waals surface area contributed by atoms with Gasteiger partial charge < -0.3 is 19.3 Å². The lowest BCUT2D eigenvalue weighted by Gasteiger charge is -2.28. The number of nitrogens with one attached hydrogen (secondary N) is 1. The normalized spacial score (nSPS) is 18.3. The van der Waals surface area contributed by atoms with Crippen LogP contribution in [0.2, 0.25) is 0 Å². The summed E-state index contributed by atoms with van der Waals surface area (Å²) in [6, 6.07) is 9.81. The maximum absolute atomic E-state index is 13.9. The minimum Gasteiger partial charge on any atom is -0.444 e. The lowest BCUT2D eigenvalue weighted by atomic mass is 10.2. The van der Waals surface area contributed by atoms with Crippen molar-refractivity contribution in [2.24, 2.45) is 0 Å². The Labute approximate surface area is 235 Å². The quantitative estimate of drug-likeness (QED) is 0.276. The number of benzene rings is 1. The monoisotopic (exact) mass is 566 g/mol. The van der Waals surface area contributed by atoms with E-state index in [4.69, 9.17) is 14.3 Å². The van der Waals surface area contributed by atoms with Crippen LogP contribution in [-0.4, -0.2) is 76.6 Å². The molecule has 12 heteroatoms. The number of anilines is 1. The Kier molecular flexibility index (Phi) is 7.34. The number of pyridine rings is 1. The molecule has 1 aromatic carbocycles. The summed E-state index contributed by atoms with van der Waals surface area (Å²) in [4.78, 5) is 37.0. The summed E-state index contributed by atoms with van der Waals surface area (Å²) in [7, 11) is 0. The van der Waals surface area contributed by atoms with Crippen molar-refractivity contribution in [3.05, 3.63) is 46.1 Å². The summed E-state index contributed by atoms with van der Waals surface area (Å²) in [6.07, 6.45) is 1.46. The second kappa shape index (κ2) is 10.9. The number of carbonyl (C=O) groups excluding carboxylic acids is 1. The second-order valence-electron chi connectivity index (χ2n) is 11.2. The fourth-order valence-electron chi connectivity index (χ4n) is 5.32. The molecule has 11 nitrogen and oxygen atoms in total. The van der Waals surface area contributed by atoms with Crippen molar-refractivity contribution < 1.29 is 19.1 Å². The first-order valence-electron chi connectivity index (χ1n) is 13.7. The van der Waals surface area contributed by atoms with Gasteiger partial charge in [-0.15, -0.1) is 21.5 Å². The minimum atomic E-state index is -0.548. The Hall–Kier alpha value is -3.32. The van der Waals surface area contributed by atoms with Crippen LogP contribution in [0.3, 0.4) is 0 Å². The molecule has 3 aromatic heterocycles. The number of carbonyl (C=O) groups is 1. The molecule has 0 saturated carbocycles. The number of aromatic nitrogens is 3. The Balaban J connectivity index is 1.27. The zero-order chi connectivity index (χ0) is 27.9. The summed E-state index contributed by atoms with van der Waals surface area (Å²) in [5.41, 5.74) is 4.40. The van der Waals surface area contributed by atoms with Crippen molar-refractivity contribution in [1.29, 1.82) is 0 Å². The van der Waals surface area contributed by atoms with E-state index < -0.39 is 5.60 Å². The molecule has 1 amide bonds. The molecule has 2 fully saturated rings. The van der Waals surface area contributed by atoms with E-state index in [0.29, 0.717) is 61.8 Å². The molecular formula is C28H34N6O5S. The molecule has 4 aromatic rings. The largest absolute Gasteiger partial charge is 0.444 e. The number of likely N-dealkylation sites (tertiary alicyclic amines) is 1. The molecule has 2 saturated heterocycles. The molecule has 0 spiro atoms. The summed E-state index contributed by atoms with van der Waals surface area (Å²) >= 11 is 1.53. The SMILES string of the molecule is CC(C)(C)OC(=O)N1CCCC1CNOCc1c(=O)c2cc(N3CCOCC3)nnc2n2c1sc1ccccc12. The molecule has 40 heavy (non-hydrogen) atoms. The molecule has 0 radical (unpaired) electrons. The van der Waals surface area contributed by atoms with E-state index in [9.17, 15) is 9.59 Å². The lowest BCUT2D eigenvalue weighted by molar-refractivity contribution is 0.00198. The van der Waals surface area contributed by atoms with E-state index in [0.717, 1.165) is 27.9 Å². The van der Waals surface area contributed by atoms with Gasteiger partial charge in [0.15, 0.2) is 16.9 Å². The van der Waals surface area contributed by atoms with Gasteiger partial charge in [-0.3, -0.25) is 14.0 Å². The van der Waals surface area contributed by atoms with Gasteiger partial charge >= 0.3 is 6.09 Å². The fraction of sp³-hybridized carbons (Fsp3) is 0.500. The summed E-state index contributed by atoms with van der Waals surface area (Å²) < 4.78 is 14.1. The van der Waals surface area contributed by atoms with Crippen LogP contribution in [0.15, 0.2) is 35.1 Å². The van der Waals surface area contributed by atoms with Crippen molar-refractivity contribution in [1.82, 2.24) is 25.0 Å². The van der Waals surface area contributed by atoms with Crippen molar-refractivity contribution >= 4 is 49.3 Å². The predicted molar refractivity (Wildman–Crippen MR) is 154 cm³/mol. The zero-order valence-corrected chi connectivity index (χ0v) is 23.8. The lowest BCUT2D eigenvalue weighted by Crippen LogP contribution is -2.44. The Morgan fingerprint density at radius 1 is 1.18 bits per heavy atom. The van der Waals surface area contributed by atoms with Crippen LogP contribution in [0, 0.1) is 0 Å². The Morgan fingerprint density at radius 3 is 2.77 bits per heavy atom. The molecule has 1 unspecified atom stereocenters. The first-order valence-corrected chi connectivity index (χ1v) is 14.5. The van der Waals surface area contributed by atoms with E-state index in [-0.39, 0.29) is 24.2 Å². The Bertz CT molecular complexity index is 1610. The van der Waals surface area contributed by atoms with E-state index in [1.54, 1.807) is 4.90 Å². The number of para-hydroxylation sites is 1. The van der Waals surface area contributed by atoms with E-state index in [1.807, 2.05) is 55.5 Å². The molecular weight excluding hydrogens is 532 g/mol. The van der Waals surface area contributed by atoms with Crippen LogP contribution in [-0.2, 0) is 20.9 Å². The maximum Gasteiger partial charge on any atom is 0.410 e. The summed E-state index contributed by atoms with van der Waals surface area (Å²) in [5.74, 6) is 0.667. The van der Waals surface area contributed by atoms with Crippen LogP contribution in [0.25, 0.3) is 26.1 Å². The molecule has 2 aliphatic heterocycles. The topological polar surface area (TPSA) is 111 Å². The molecule has 5 heterocycles. The number of ether oxygens (including phenoxy) is 2. The van der Waals surface area contributed by atoms with Gasteiger partial charge in [0.1, 0.15) is 10.4 Å². The summed E-state index contributed by atoms with van der Waals surface area (Å²) in [6.45, 7) is 9.39. The number of fused-ring (bicyclic) bond motifs is 5. The third-order valence-electron chi connectivity index (χ3n) is 7.24. The molecule has 0 bridgehead atoms. The highest BCUT2D eigenvalue weighted by Crippen LogP contribution is 2.31. The van der Waals surface area contributed by atoms with Crippen molar-refractivity contribution in [2.45, 2.75) is 51.9 Å². The Morgan fingerprint density at radius 2 is 1.98 bits per heavy atom. The van der Waals surface area contributed by atoms with Crippen LogP contribution in [0.1, 0.15) is 39.2 Å². The molecule has 1 N–H and O–H groups in total. The average molecular weight is 567 g/mol. The van der Waals surface area contributed by atoms with Gasteiger partial charge in [-0.25, -0.2) is 10.3 Å². The maximum atomic E-state index is 13.9. The van der Waals surface area contributed by atoms with Crippen molar-refractivity contribution in [3.63, 3.8) is 0 Å². The molecule has 1 atom stereocenters.